The van der Waals surface area contributed by atoms with Crippen LogP contribution >= 0.6 is 27.5 Å². The Morgan fingerprint density at radius 1 is 1.59 bits per heavy atom. The van der Waals surface area contributed by atoms with Crippen molar-refractivity contribution in [2.45, 2.75) is 23.6 Å². The second-order valence-electron chi connectivity index (χ2n) is 3.80. The highest BCUT2D eigenvalue weighted by atomic mass is 79.9. The average Bonchev–Trinajstić information content (AvgIpc) is 2.63. The zero-order chi connectivity index (χ0) is 13.4. The molecule has 9 heteroatoms. The third-order valence-electron chi connectivity index (χ3n) is 2.40. The number of carboxylic acid groups (broad SMARTS) is 1. The molecular weight excluding hydrogens is 332 g/mol. The maximum Gasteiger partial charge on any atom is 0.324 e. The Bertz CT molecular complexity index is 537. The fourth-order valence-electron chi connectivity index (χ4n) is 0.947. The van der Waals surface area contributed by atoms with Crippen molar-refractivity contribution < 1.29 is 18.3 Å². The van der Waals surface area contributed by atoms with E-state index in [1.54, 1.807) is 0 Å². The van der Waals surface area contributed by atoms with Gasteiger partial charge in [-0.15, -0.1) is 0 Å². The highest BCUT2D eigenvalue weighted by molar-refractivity contribution is 9.10. The van der Waals surface area contributed by atoms with Crippen LogP contribution in [-0.4, -0.2) is 40.8 Å². The molecule has 0 spiro atoms. The minimum atomic E-state index is -3.87. The highest BCUT2D eigenvalue weighted by Gasteiger charge is 2.41. The number of rotatable bonds is 4. The quantitative estimate of drug-likeness (QED) is 0.893. The number of carboxylic acids is 1. The molecular formula is C8H11BrN2O4S2. The fraction of sp³-hybridized carbons (Fsp3) is 0.500. The molecule has 1 aromatic rings. The summed E-state index contributed by atoms with van der Waals surface area (Å²) in [5.41, 5.74) is -1.53. The smallest absolute Gasteiger partial charge is 0.324 e. The molecule has 1 aromatic heterocycles. The van der Waals surface area contributed by atoms with E-state index in [1.807, 2.05) is 0 Å². The van der Waals surface area contributed by atoms with Gasteiger partial charge in [-0.2, -0.15) is 8.68 Å². The second kappa shape index (κ2) is 4.63. The Hall–Kier alpha value is -0.510. The molecule has 0 bridgehead atoms. The molecule has 0 atom stereocenters. The molecule has 17 heavy (non-hydrogen) atoms. The van der Waals surface area contributed by atoms with Crippen molar-refractivity contribution in [1.29, 1.82) is 0 Å². The fourth-order valence-corrected chi connectivity index (χ4v) is 4.48. The lowest BCUT2D eigenvalue weighted by Crippen LogP contribution is -2.50. The molecule has 0 amide bonds. The van der Waals surface area contributed by atoms with Crippen LogP contribution in [0.4, 0.5) is 0 Å². The Morgan fingerprint density at radius 2 is 2.12 bits per heavy atom. The van der Waals surface area contributed by atoms with Gasteiger partial charge in [-0.3, -0.25) is 4.79 Å². The molecule has 1 heterocycles. The van der Waals surface area contributed by atoms with Crippen molar-refractivity contribution in [3.05, 3.63) is 10.7 Å². The van der Waals surface area contributed by atoms with E-state index >= 15 is 0 Å². The summed E-state index contributed by atoms with van der Waals surface area (Å²) in [6.07, 6.45) is 1.36. The maximum atomic E-state index is 12.2. The van der Waals surface area contributed by atoms with Gasteiger partial charge < -0.3 is 5.11 Å². The number of nitrogens with zero attached hydrogens (tertiary/aromatic N) is 2. The molecule has 96 valence electrons. The number of halogens is 1. The maximum absolute atomic E-state index is 12.2. The third kappa shape index (κ3) is 2.51. The van der Waals surface area contributed by atoms with Gasteiger partial charge >= 0.3 is 5.97 Å². The van der Waals surface area contributed by atoms with Gasteiger partial charge in [0.15, 0.2) is 4.21 Å². The summed E-state index contributed by atoms with van der Waals surface area (Å²) in [5, 5.41) is 9.01. The van der Waals surface area contributed by atoms with E-state index in [1.165, 1.54) is 27.1 Å². The van der Waals surface area contributed by atoms with Gasteiger partial charge in [0.1, 0.15) is 5.54 Å². The van der Waals surface area contributed by atoms with Crippen LogP contribution in [0.1, 0.15) is 13.8 Å². The minimum Gasteiger partial charge on any atom is -0.480 e. The van der Waals surface area contributed by atoms with Gasteiger partial charge in [0.05, 0.1) is 10.7 Å². The normalized spacial score (nSPS) is 13.0. The van der Waals surface area contributed by atoms with Crippen LogP contribution in [-0.2, 0) is 14.8 Å². The summed E-state index contributed by atoms with van der Waals surface area (Å²) in [6, 6.07) is 0. The summed E-state index contributed by atoms with van der Waals surface area (Å²) >= 11 is 3.86. The predicted octanol–water partition coefficient (Wildman–Crippen LogP) is 1.39. The first kappa shape index (κ1) is 14.6. The predicted molar refractivity (Wildman–Crippen MR) is 66.5 cm³/mol. The Kier molecular flexibility index (Phi) is 3.97. The summed E-state index contributed by atoms with van der Waals surface area (Å²) in [6.45, 7) is 2.64. The molecule has 1 N–H and O–H groups in total. The number of sulfonamides is 1. The first-order chi connectivity index (χ1) is 7.61. The monoisotopic (exact) mass is 342 g/mol. The molecule has 0 radical (unpaired) electrons. The van der Waals surface area contributed by atoms with Crippen LogP contribution in [0.25, 0.3) is 0 Å². The standard InChI is InChI=1S/C8H11BrN2O4S2/c1-8(2,7(12)13)11(3)17(14,15)6-5(9)4-10-16-6/h4H,1-3H3,(H,12,13). The van der Waals surface area contributed by atoms with Crippen molar-refractivity contribution in [2.75, 3.05) is 7.05 Å². The molecule has 0 aromatic carbocycles. The third-order valence-corrected chi connectivity index (χ3v) is 6.85. The summed E-state index contributed by atoms with van der Waals surface area (Å²) < 4.78 is 29.2. The molecule has 0 aliphatic heterocycles. The number of hydrogen-bond acceptors (Lipinski definition) is 5. The largest absolute Gasteiger partial charge is 0.480 e. The number of aliphatic carboxylic acids is 1. The molecule has 0 aliphatic carbocycles. The van der Waals surface area contributed by atoms with Crippen molar-refractivity contribution in [3.63, 3.8) is 0 Å². The lowest BCUT2D eigenvalue weighted by molar-refractivity contribution is -0.145. The zero-order valence-electron chi connectivity index (χ0n) is 9.34. The van der Waals surface area contributed by atoms with Crippen LogP contribution in [0.3, 0.4) is 0 Å². The van der Waals surface area contributed by atoms with Crippen LogP contribution in [0.2, 0.25) is 0 Å². The average molecular weight is 343 g/mol. The number of carbonyl (C=O) groups is 1. The van der Waals surface area contributed by atoms with Gasteiger partial charge in [0.2, 0.25) is 0 Å². The van der Waals surface area contributed by atoms with Gasteiger partial charge in [0, 0.05) is 7.05 Å². The summed E-state index contributed by atoms with van der Waals surface area (Å²) in [5.74, 6) is -1.22. The Labute approximate surface area is 112 Å². The molecule has 6 nitrogen and oxygen atoms in total. The zero-order valence-corrected chi connectivity index (χ0v) is 12.6. The van der Waals surface area contributed by atoms with Crippen molar-refractivity contribution in [1.82, 2.24) is 8.68 Å². The molecule has 0 saturated heterocycles. The van der Waals surface area contributed by atoms with Gasteiger partial charge in [-0.1, -0.05) is 0 Å². The lowest BCUT2D eigenvalue weighted by atomic mass is 10.1. The van der Waals surface area contributed by atoms with Crippen molar-refractivity contribution >= 4 is 43.5 Å². The number of aromatic nitrogens is 1. The Balaban J connectivity index is 3.26. The topological polar surface area (TPSA) is 87.6 Å². The van der Waals surface area contributed by atoms with E-state index in [9.17, 15) is 13.2 Å². The lowest BCUT2D eigenvalue weighted by Gasteiger charge is -2.29. The first-order valence-electron chi connectivity index (χ1n) is 4.44. The SMILES string of the molecule is CN(C(C)(C)C(=O)O)S(=O)(=O)c1sncc1Br. The van der Waals surface area contributed by atoms with E-state index in [-0.39, 0.29) is 4.21 Å². The van der Waals surface area contributed by atoms with Gasteiger partial charge in [0.25, 0.3) is 10.0 Å². The van der Waals surface area contributed by atoms with E-state index in [0.717, 1.165) is 15.8 Å². The van der Waals surface area contributed by atoms with E-state index in [0.29, 0.717) is 4.47 Å². The summed E-state index contributed by atoms with van der Waals surface area (Å²) in [7, 11) is -2.64. The molecule has 0 unspecified atom stereocenters. The van der Waals surface area contributed by atoms with E-state index in [4.69, 9.17) is 5.11 Å². The first-order valence-corrected chi connectivity index (χ1v) is 7.45. The Morgan fingerprint density at radius 3 is 2.47 bits per heavy atom. The van der Waals surface area contributed by atoms with Gasteiger partial charge in [-0.05, 0) is 41.3 Å². The molecule has 0 aliphatic rings. The van der Waals surface area contributed by atoms with Crippen molar-refractivity contribution in [3.8, 4) is 0 Å². The van der Waals surface area contributed by atoms with Crippen LogP contribution < -0.4 is 0 Å². The highest BCUT2D eigenvalue weighted by Crippen LogP contribution is 2.31. The molecule has 0 saturated carbocycles. The number of likely N-dealkylation sites (N-methyl/N-ethyl adjacent to an activating group) is 1. The molecule has 1 rings (SSSR count). The van der Waals surface area contributed by atoms with E-state index < -0.39 is 21.5 Å². The minimum absolute atomic E-state index is 0.00525. The van der Waals surface area contributed by atoms with Gasteiger partial charge in [-0.25, -0.2) is 8.42 Å². The summed E-state index contributed by atoms with van der Waals surface area (Å²) in [4.78, 5) is 11.0. The van der Waals surface area contributed by atoms with Crippen LogP contribution in [0, 0.1) is 0 Å². The van der Waals surface area contributed by atoms with Crippen LogP contribution in [0.15, 0.2) is 14.9 Å². The number of hydrogen-bond donors (Lipinski definition) is 1. The van der Waals surface area contributed by atoms with Crippen LogP contribution in [0.5, 0.6) is 0 Å². The second-order valence-corrected chi connectivity index (χ2v) is 7.62. The van der Waals surface area contributed by atoms with E-state index in [2.05, 4.69) is 20.3 Å². The van der Waals surface area contributed by atoms with Crippen molar-refractivity contribution in [2.24, 2.45) is 0 Å². The molecule has 0 fully saturated rings.